The Labute approximate surface area is 129 Å². The zero-order valence-corrected chi connectivity index (χ0v) is 13.9. The van der Waals surface area contributed by atoms with Gasteiger partial charge < -0.3 is 9.84 Å². The van der Waals surface area contributed by atoms with E-state index in [1.807, 2.05) is 6.92 Å². The quantitative estimate of drug-likeness (QED) is 0.811. The summed E-state index contributed by atoms with van der Waals surface area (Å²) in [6.07, 6.45) is 1.70. The molecule has 2 N–H and O–H groups in total. The lowest BCUT2D eigenvalue weighted by atomic mass is 10.0. The molecule has 1 aromatic heterocycles. The highest BCUT2D eigenvalue weighted by molar-refractivity contribution is 9.11. The molecule has 0 radical (unpaired) electrons. The van der Waals surface area contributed by atoms with Crippen LogP contribution in [-0.2, 0) is 14.8 Å². The number of hydrogen-bond donors (Lipinski definition) is 2. The van der Waals surface area contributed by atoms with Gasteiger partial charge in [-0.05, 0) is 41.8 Å². The first kappa shape index (κ1) is 15.9. The summed E-state index contributed by atoms with van der Waals surface area (Å²) >= 11 is 3.97. The van der Waals surface area contributed by atoms with Crippen LogP contribution in [-0.4, -0.2) is 38.2 Å². The molecule has 112 valence electrons. The van der Waals surface area contributed by atoms with Gasteiger partial charge in [0.25, 0.3) is 0 Å². The molecule has 0 saturated carbocycles. The fourth-order valence-electron chi connectivity index (χ4n) is 1.94. The van der Waals surface area contributed by atoms with E-state index in [2.05, 4.69) is 20.7 Å². The summed E-state index contributed by atoms with van der Waals surface area (Å²) in [6.45, 7) is 2.65. The maximum Gasteiger partial charge on any atom is 0.345 e. The minimum atomic E-state index is -3.76. The predicted octanol–water partition coefficient (Wildman–Crippen LogP) is 2.06. The number of rotatable bonds is 5. The van der Waals surface area contributed by atoms with Crippen molar-refractivity contribution in [3.05, 3.63) is 14.7 Å². The molecule has 2 heterocycles. The van der Waals surface area contributed by atoms with Gasteiger partial charge in [0, 0.05) is 13.2 Å². The molecule has 0 spiro atoms. The smallest absolute Gasteiger partial charge is 0.345 e. The Morgan fingerprint density at radius 3 is 2.85 bits per heavy atom. The number of hydrogen-bond acceptors (Lipinski definition) is 5. The number of carboxylic acids is 1. The summed E-state index contributed by atoms with van der Waals surface area (Å²) in [5.74, 6) is -1.15. The van der Waals surface area contributed by atoms with Crippen molar-refractivity contribution in [2.45, 2.75) is 30.3 Å². The summed E-state index contributed by atoms with van der Waals surface area (Å²) in [5, 5.41) is 8.89. The molecule has 0 amide bonds. The molecule has 1 atom stereocenters. The molecule has 1 unspecified atom stereocenters. The molecule has 9 heteroatoms. The van der Waals surface area contributed by atoms with Crippen molar-refractivity contribution in [3.63, 3.8) is 0 Å². The van der Waals surface area contributed by atoms with Gasteiger partial charge in [-0.3, -0.25) is 0 Å². The molecule has 1 fully saturated rings. The fraction of sp³-hybridized carbons (Fsp3) is 0.545. The minimum Gasteiger partial charge on any atom is -0.477 e. The molecule has 0 aromatic carbocycles. The number of nitrogens with one attached hydrogen (secondary N) is 1. The van der Waals surface area contributed by atoms with Gasteiger partial charge in [0.2, 0.25) is 10.0 Å². The van der Waals surface area contributed by atoms with Crippen LogP contribution in [0.1, 0.15) is 29.4 Å². The second-order valence-corrected chi connectivity index (χ2v) is 8.89. The van der Waals surface area contributed by atoms with Crippen molar-refractivity contribution >= 4 is 43.3 Å². The molecule has 0 aliphatic carbocycles. The maximum absolute atomic E-state index is 12.2. The Balaban J connectivity index is 2.16. The number of halogens is 1. The van der Waals surface area contributed by atoms with Gasteiger partial charge in [-0.1, -0.05) is 0 Å². The van der Waals surface area contributed by atoms with E-state index >= 15 is 0 Å². The van der Waals surface area contributed by atoms with E-state index in [4.69, 9.17) is 9.84 Å². The monoisotopic (exact) mass is 383 g/mol. The standard InChI is InChI=1S/C11H14BrNO5S2/c1-11(3-2-4-18-11)6-13-20(16,17)8-5-7(10(14)15)19-9(8)12/h5,13H,2-4,6H2,1H3,(H,14,15). The van der Waals surface area contributed by atoms with E-state index < -0.39 is 21.6 Å². The third-order valence-electron chi connectivity index (χ3n) is 3.09. The second-order valence-electron chi connectivity index (χ2n) is 4.78. The summed E-state index contributed by atoms with van der Waals surface area (Å²) < 4.78 is 32.7. The topological polar surface area (TPSA) is 92.7 Å². The van der Waals surface area contributed by atoms with E-state index in [1.54, 1.807) is 0 Å². The van der Waals surface area contributed by atoms with Crippen LogP contribution < -0.4 is 4.72 Å². The molecule has 1 aromatic rings. The van der Waals surface area contributed by atoms with Crippen molar-refractivity contribution in [1.82, 2.24) is 4.72 Å². The highest BCUT2D eigenvalue weighted by Gasteiger charge is 2.32. The third-order valence-corrected chi connectivity index (χ3v) is 6.73. The summed E-state index contributed by atoms with van der Waals surface area (Å²) in [7, 11) is -3.76. The molecular weight excluding hydrogens is 370 g/mol. The maximum atomic E-state index is 12.2. The minimum absolute atomic E-state index is 0.0272. The Morgan fingerprint density at radius 2 is 2.35 bits per heavy atom. The number of carbonyl (C=O) groups is 1. The highest BCUT2D eigenvalue weighted by atomic mass is 79.9. The molecule has 0 bridgehead atoms. The zero-order chi connectivity index (χ0) is 15.0. The van der Waals surface area contributed by atoms with Gasteiger partial charge in [-0.15, -0.1) is 11.3 Å². The van der Waals surface area contributed by atoms with Crippen LogP contribution in [0.5, 0.6) is 0 Å². The SMILES string of the molecule is CC1(CNS(=O)(=O)c2cc(C(=O)O)sc2Br)CCCO1. The third kappa shape index (κ3) is 3.40. The van der Waals surface area contributed by atoms with Crippen LogP contribution in [0, 0.1) is 0 Å². The number of sulfonamides is 1. The summed E-state index contributed by atoms with van der Waals surface area (Å²) in [4.78, 5) is 10.8. The van der Waals surface area contributed by atoms with E-state index in [0.717, 1.165) is 30.2 Å². The van der Waals surface area contributed by atoms with Crippen molar-refractivity contribution < 1.29 is 23.1 Å². The van der Waals surface area contributed by atoms with E-state index in [1.165, 1.54) is 0 Å². The average molecular weight is 384 g/mol. The van der Waals surface area contributed by atoms with Gasteiger partial charge in [-0.25, -0.2) is 17.9 Å². The van der Waals surface area contributed by atoms with Gasteiger partial charge in [-0.2, -0.15) is 0 Å². The number of thiophene rings is 1. The Bertz CT molecular complexity index is 619. The first-order chi connectivity index (χ1) is 9.23. The first-order valence-corrected chi connectivity index (χ1v) is 8.99. The lowest BCUT2D eigenvalue weighted by molar-refractivity contribution is 0.0250. The summed E-state index contributed by atoms with van der Waals surface area (Å²) in [5.41, 5.74) is -0.495. The van der Waals surface area contributed by atoms with Gasteiger partial charge in [0.1, 0.15) is 9.77 Å². The second kappa shape index (κ2) is 5.72. The molecule has 2 rings (SSSR count). The van der Waals surface area contributed by atoms with E-state index in [9.17, 15) is 13.2 Å². The Kier molecular flexibility index (Phi) is 4.55. The molecule has 1 aliphatic rings. The van der Waals surface area contributed by atoms with Crippen molar-refractivity contribution in [2.75, 3.05) is 13.2 Å². The lowest BCUT2D eigenvalue weighted by Crippen LogP contribution is -2.40. The zero-order valence-electron chi connectivity index (χ0n) is 10.7. The van der Waals surface area contributed by atoms with Crippen LogP contribution >= 0.6 is 27.3 Å². The molecule has 20 heavy (non-hydrogen) atoms. The first-order valence-electron chi connectivity index (χ1n) is 5.90. The van der Waals surface area contributed by atoms with Crippen LogP contribution in [0.4, 0.5) is 0 Å². The molecule has 1 aliphatic heterocycles. The summed E-state index contributed by atoms with van der Waals surface area (Å²) in [6, 6.07) is 1.15. The van der Waals surface area contributed by atoms with E-state index in [0.29, 0.717) is 6.61 Å². The Hall–Kier alpha value is -0.480. The largest absolute Gasteiger partial charge is 0.477 e. The van der Waals surface area contributed by atoms with Crippen molar-refractivity contribution in [3.8, 4) is 0 Å². The van der Waals surface area contributed by atoms with Crippen LogP contribution in [0.15, 0.2) is 14.7 Å². The number of ether oxygens (including phenoxy) is 1. The van der Waals surface area contributed by atoms with Crippen LogP contribution in [0.25, 0.3) is 0 Å². The van der Waals surface area contributed by atoms with Gasteiger partial charge in [0.15, 0.2) is 0 Å². The van der Waals surface area contributed by atoms with E-state index in [-0.39, 0.29) is 20.1 Å². The average Bonchev–Trinajstić information content (AvgIpc) is 2.94. The molecule has 1 saturated heterocycles. The Morgan fingerprint density at radius 1 is 1.65 bits per heavy atom. The highest BCUT2D eigenvalue weighted by Crippen LogP contribution is 2.32. The van der Waals surface area contributed by atoms with Crippen LogP contribution in [0.3, 0.4) is 0 Å². The van der Waals surface area contributed by atoms with Crippen molar-refractivity contribution in [2.24, 2.45) is 0 Å². The van der Waals surface area contributed by atoms with Crippen molar-refractivity contribution in [1.29, 1.82) is 0 Å². The van der Waals surface area contributed by atoms with Gasteiger partial charge in [0.05, 0.1) is 9.39 Å². The molecule has 6 nitrogen and oxygen atoms in total. The van der Waals surface area contributed by atoms with Gasteiger partial charge >= 0.3 is 5.97 Å². The normalized spacial score (nSPS) is 23.1. The van der Waals surface area contributed by atoms with Crippen LogP contribution in [0.2, 0.25) is 0 Å². The number of carboxylic acid groups (broad SMARTS) is 1. The predicted molar refractivity (Wildman–Crippen MR) is 77.8 cm³/mol. The fourth-order valence-corrected chi connectivity index (χ4v) is 5.50. The molecular formula is C11H14BrNO5S2. The lowest BCUT2D eigenvalue weighted by Gasteiger charge is -2.23. The number of aromatic carboxylic acids is 1.